The number of fused-ring (bicyclic) bond motifs is 1. The first-order valence-electron chi connectivity index (χ1n) is 13.0. The number of nitrogens with one attached hydrogen (secondary N) is 1. The fourth-order valence-corrected chi connectivity index (χ4v) is 5.37. The van der Waals surface area contributed by atoms with E-state index >= 15 is 0 Å². The van der Waals surface area contributed by atoms with Crippen LogP contribution in [0.4, 0.5) is 0 Å². The lowest BCUT2D eigenvalue weighted by molar-refractivity contribution is -0.149. The Morgan fingerprint density at radius 3 is 2.78 bits per heavy atom. The van der Waals surface area contributed by atoms with Crippen molar-refractivity contribution in [2.45, 2.75) is 64.6 Å². The molecule has 2 aliphatic heterocycles. The topological polar surface area (TPSA) is 115 Å². The van der Waals surface area contributed by atoms with Crippen LogP contribution in [-0.2, 0) is 27.2 Å². The number of H-pyrrole nitrogens is 1. The molecule has 1 aromatic carbocycles. The molecule has 2 saturated heterocycles. The van der Waals surface area contributed by atoms with Gasteiger partial charge in [0.05, 0.1) is 25.2 Å². The molecule has 1 N–H and O–H groups in total. The minimum absolute atomic E-state index is 0.0597. The summed E-state index contributed by atoms with van der Waals surface area (Å²) in [6.45, 7) is 6.88. The van der Waals surface area contributed by atoms with E-state index in [-0.39, 0.29) is 23.6 Å². The minimum atomic E-state index is -0.442. The molecule has 192 valence electrons. The predicted octanol–water partition coefficient (Wildman–Crippen LogP) is 2.62. The molecule has 36 heavy (non-hydrogen) atoms. The lowest BCUT2D eigenvalue weighted by Gasteiger charge is -2.36. The number of pyridine rings is 1. The van der Waals surface area contributed by atoms with E-state index in [9.17, 15) is 9.59 Å². The molecule has 4 heterocycles. The second-order valence-corrected chi connectivity index (χ2v) is 9.65. The quantitative estimate of drug-likeness (QED) is 0.475. The van der Waals surface area contributed by atoms with Crippen LogP contribution in [-0.4, -0.2) is 68.5 Å². The molecule has 0 unspecified atom stereocenters. The number of hydrogen-bond donors (Lipinski definition) is 1. The number of benzene rings is 1. The molecule has 3 aromatic rings. The van der Waals surface area contributed by atoms with Crippen molar-refractivity contribution in [3.63, 3.8) is 0 Å². The van der Waals surface area contributed by atoms with E-state index in [1.807, 2.05) is 25.1 Å². The smallest absolute Gasteiger partial charge is 0.309 e. The van der Waals surface area contributed by atoms with Gasteiger partial charge >= 0.3 is 5.97 Å². The van der Waals surface area contributed by atoms with Gasteiger partial charge in [-0.3, -0.25) is 14.5 Å². The first-order chi connectivity index (χ1) is 17.6. The molecule has 10 nitrogen and oxygen atoms in total. The van der Waals surface area contributed by atoms with E-state index < -0.39 is 6.04 Å². The highest BCUT2D eigenvalue weighted by Gasteiger charge is 2.35. The summed E-state index contributed by atoms with van der Waals surface area (Å²) in [5.74, 6) is 0.343. The summed E-state index contributed by atoms with van der Waals surface area (Å²) >= 11 is 0. The molecule has 0 bridgehead atoms. The maximum atomic E-state index is 13.4. The molecule has 2 atom stereocenters. The van der Waals surface area contributed by atoms with Crippen LogP contribution in [0.25, 0.3) is 10.9 Å². The third-order valence-electron chi connectivity index (χ3n) is 7.36. The summed E-state index contributed by atoms with van der Waals surface area (Å²) < 4.78 is 12.9. The molecule has 0 amide bonds. The molecule has 0 spiro atoms. The molecule has 2 fully saturated rings. The number of nitrogens with zero attached hydrogens (tertiary/aromatic N) is 5. The van der Waals surface area contributed by atoms with Crippen molar-refractivity contribution in [1.82, 2.24) is 30.1 Å². The number of likely N-dealkylation sites (tertiary alicyclic amines) is 1. The van der Waals surface area contributed by atoms with Crippen LogP contribution in [0.2, 0.25) is 0 Å². The average Bonchev–Trinajstić information content (AvgIpc) is 3.58. The minimum Gasteiger partial charge on any atom is -0.466 e. The van der Waals surface area contributed by atoms with E-state index in [4.69, 9.17) is 9.47 Å². The Morgan fingerprint density at radius 1 is 1.22 bits per heavy atom. The van der Waals surface area contributed by atoms with Gasteiger partial charge < -0.3 is 14.5 Å². The Morgan fingerprint density at radius 2 is 2.06 bits per heavy atom. The Balaban J connectivity index is 1.52. The van der Waals surface area contributed by atoms with Crippen LogP contribution >= 0.6 is 0 Å². The molecule has 0 radical (unpaired) electrons. The maximum absolute atomic E-state index is 13.4. The van der Waals surface area contributed by atoms with Crippen LogP contribution < -0.4 is 5.56 Å². The summed E-state index contributed by atoms with van der Waals surface area (Å²) in [4.78, 5) is 31.0. The number of piperidine rings is 1. The number of tetrazole rings is 1. The third kappa shape index (κ3) is 5.05. The van der Waals surface area contributed by atoms with Gasteiger partial charge in [-0.25, -0.2) is 4.68 Å². The molecule has 10 heteroatoms. The largest absolute Gasteiger partial charge is 0.466 e. The first-order valence-corrected chi connectivity index (χ1v) is 13.0. The monoisotopic (exact) mass is 494 g/mol. The zero-order valence-electron chi connectivity index (χ0n) is 21.0. The van der Waals surface area contributed by atoms with Gasteiger partial charge in [0.25, 0.3) is 5.56 Å². The van der Waals surface area contributed by atoms with Gasteiger partial charge in [-0.05, 0) is 78.6 Å². The van der Waals surface area contributed by atoms with Gasteiger partial charge in [0.1, 0.15) is 6.04 Å². The molecular formula is C26H34N6O4. The molecule has 2 aliphatic rings. The zero-order chi connectivity index (χ0) is 25.1. The highest BCUT2D eigenvalue weighted by molar-refractivity contribution is 5.80. The number of carbonyl (C=O) groups excluding carboxylic acids is 1. The lowest BCUT2D eigenvalue weighted by Crippen LogP contribution is -2.42. The summed E-state index contributed by atoms with van der Waals surface area (Å²) in [7, 11) is 0. The Hall–Kier alpha value is -3.11. The van der Waals surface area contributed by atoms with Crippen LogP contribution in [0.5, 0.6) is 0 Å². The van der Waals surface area contributed by atoms with E-state index in [1.165, 1.54) is 5.56 Å². The number of hydrogen-bond acceptors (Lipinski definition) is 8. The van der Waals surface area contributed by atoms with E-state index in [1.54, 1.807) is 4.68 Å². The number of ether oxygens (including phenoxy) is 2. The number of carbonyl (C=O) groups is 1. The van der Waals surface area contributed by atoms with Gasteiger partial charge in [0.15, 0.2) is 5.82 Å². The maximum Gasteiger partial charge on any atom is 0.309 e. The number of aromatic nitrogens is 5. The van der Waals surface area contributed by atoms with E-state index in [2.05, 4.69) is 38.4 Å². The van der Waals surface area contributed by atoms with Crippen molar-refractivity contribution in [1.29, 1.82) is 0 Å². The highest BCUT2D eigenvalue weighted by atomic mass is 16.5. The second kappa shape index (κ2) is 10.9. The molecular weight excluding hydrogens is 460 g/mol. The second-order valence-electron chi connectivity index (χ2n) is 9.65. The van der Waals surface area contributed by atoms with Crippen molar-refractivity contribution in [2.75, 3.05) is 26.3 Å². The van der Waals surface area contributed by atoms with Gasteiger partial charge in [0, 0.05) is 30.8 Å². The first kappa shape index (κ1) is 24.6. The van der Waals surface area contributed by atoms with Crippen LogP contribution in [0, 0.1) is 5.92 Å². The number of rotatable bonds is 8. The van der Waals surface area contributed by atoms with Crippen LogP contribution in [0.1, 0.15) is 62.5 Å². The standard InChI is InChI=1S/C26H34N6O4/c1-3-17-7-8-22-19(14-17)15-21(25(33)27-22)23(31-11-9-18(10-12-31)26(34)35-4-2)24-28-29-30-32(24)16-20-6-5-13-36-20/h7-8,14-15,18,20,23H,3-6,9-13,16H2,1-2H3,(H,27,33)/t20-,23+/m0/s1. The van der Waals surface area contributed by atoms with Crippen molar-refractivity contribution in [3.8, 4) is 0 Å². The predicted molar refractivity (Wildman–Crippen MR) is 134 cm³/mol. The zero-order valence-corrected chi connectivity index (χ0v) is 21.0. The Labute approximate surface area is 210 Å². The van der Waals surface area contributed by atoms with Gasteiger partial charge in [-0.1, -0.05) is 13.0 Å². The van der Waals surface area contributed by atoms with Gasteiger partial charge in [0.2, 0.25) is 0 Å². The fourth-order valence-electron chi connectivity index (χ4n) is 5.37. The number of esters is 1. The fraction of sp³-hybridized carbons (Fsp3) is 0.577. The van der Waals surface area contributed by atoms with Crippen LogP contribution in [0.15, 0.2) is 29.1 Å². The van der Waals surface area contributed by atoms with Crippen molar-refractivity contribution in [3.05, 3.63) is 51.6 Å². The SMILES string of the molecule is CCOC(=O)C1CCN([C@H](c2cc3cc(CC)ccc3[nH]c2=O)c2nnnn2C[C@@H]2CCCO2)CC1. The number of aromatic amines is 1. The van der Waals surface area contributed by atoms with Gasteiger partial charge in [-0.15, -0.1) is 5.10 Å². The normalized spacial score (nSPS) is 20.1. The van der Waals surface area contributed by atoms with E-state index in [0.717, 1.165) is 36.8 Å². The summed E-state index contributed by atoms with van der Waals surface area (Å²) in [6.07, 6.45) is 4.28. The summed E-state index contributed by atoms with van der Waals surface area (Å²) in [5.41, 5.74) is 2.46. The molecule has 5 rings (SSSR count). The van der Waals surface area contributed by atoms with Crippen molar-refractivity contribution in [2.24, 2.45) is 5.92 Å². The summed E-state index contributed by atoms with van der Waals surface area (Å²) in [5, 5.41) is 13.6. The Bertz CT molecular complexity index is 1260. The number of aryl methyl sites for hydroxylation is 1. The molecule has 2 aromatic heterocycles. The average molecular weight is 495 g/mol. The third-order valence-corrected chi connectivity index (χ3v) is 7.36. The van der Waals surface area contributed by atoms with Crippen molar-refractivity contribution < 1.29 is 14.3 Å². The molecule has 0 aliphatic carbocycles. The summed E-state index contributed by atoms with van der Waals surface area (Å²) in [6, 6.07) is 7.65. The highest BCUT2D eigenvalue weighted by Crippen LogP contribution is 2.32. The van der Waals surface area contributed by atoms with Gasteiger partial charge in [-0.2, -0.15) is 0 Å². The van der Waals surface area contributed by atoms with E-state index in [0.29, 0.717) is 50.5 Å². The molecule has 0 saturated carbocycles. The van der Waals surface area contributed by atoms with Crippen LogP contribution in [0.3, 0.4) is 0 Å². The lowest BCUT2D eigenvalue weighted by atomic mass is 9.93. The Kier molecular flexibility index (Phi) is 7.43. The van der Waals surface area contributed by atoms with Crippen molar-refractivity contribution >= 4 is 16.9 Å².